The minimum Gasteiger partial charge on any atom is -0.373 e. The van der Waals surface area contributed by atoms with Crippen LogP contribution in [-0.2, 0) is 11.3 Å². The molecule has 0 amide bonds. The van der Waals surface area contributed by atoms with Crippen LogP contribution in [0.15, 0.2) is 47.7 Å². The number of nitrogens with one attached hydrogen (secondary N) is 2. The number of hydrogen-bond donors (Lipinski definition) is 2. The average Bonchev–Trinajstić information content (AvgIpc) is 3.36. The van der Waals surface area contributed by atoms with Gasteiger partial charge in [0, 0.05) is 25.4 Å². The molecule has 4 rings (SSSR count). The summed E-state index contributed by atoms with van der Waals surface area (Å²) < 4.78 is 7.77. The topological polar surface area (TPSA) is 63.5 Å². The van der Waals surface area contributed by atoms with E-state index < -0.39 is 0 Å². The van der Waals surface area contributed by atoms with Crippen LogP contribution in [-0.4, -0.2) is 41.0 Å². The summed E-state index contributed by atoms with van der Waals surface area (Å²) >= 11 is 0. The van der Waals surface area contributed by atoms with E-state index in [0.29, 0.717) is 24.8 Å². The second-order valence-electron chi connectivity index (χ2n) is 6.41. The first kappa shape index (κ1) is 15.2. The first-order valence-corrected chi connectivity index (χ1v) is 8.53. The molecule has 3 atom stereocenters. The van der Waals surface area contributed by atoms with E-state index in [4.69, 9.17) is 4.74 Å². The van der Waals surface area contributed by atoms with Gasteiger partial charge in [0.1, 0.15) is 0 Å². The maximum absolute atomic E-state index is 5.89. The maximum atomic E-state index is 5.89. The number of ether oxygens (including phenoxy) is 1. The average molecular weight is 325 g/mol. The van der Waals surface area contributed by atoms with Gasteiger partial charge in [-0.25, -0.2) is 4.68 Å². The Morgan fingerprint density at radius 2 is 2.21 bits per heavy atom. The molecule has 2 N–H and O–H groups in total. The third kappa shape index (κ3) is 3.14. The van der Waals surface area contributed by atoms with E-state index in [1.165, 1.54) is 6.42 Å². The van der Waals surface area contributed by atoms with Gasteiger partial charge < -0.3 is 15.4 Å². The molecule has 0 aliphatic carbocycles. The predicted octanol–water partition coefficient (Wildman–Crippen LogP) is 1.86. The Hall–Kier alpha value is -2.34. The minimum absolute atomic E-state index is 0.342. The molecular formula is C18H23N5O. The molecule has 2 aliphatic heterocycles. The maximum Gasteiger partial charge on any atom is 0.191 e. The number of para-hydroxylation sites is 1. The zero-order valence-corrected chi connectivity index (χ0v) is 13.9. The van der Waals surface area contributed by atoms with Gasteiger partial charge in [0.2, 0.25) is 0 Å². The van der Waals surface area contributed by atoms with Crippen molar-refractivity contribution in [3.8, 4) is 5.69 Å². The van der Waals surface area contributed by atoms with Crippen LogP contribution in [0.25, 0.3) is 5.69 Å². The number of hydrogen-bond acceptors (Lipinski definition) is 3. The van der Waals surface area contributed by atoms with E-state index in [0.717, 1.165) is 30.1 Å². The van der Waals surface area contributed by atoms with Crippen LogP contribution in [0.2, 0.25) is 0 Å². The van der Waals surface area contributed by atoms with Crippen molar-refractivity contribution in [3.05, 3.63) is 48.3 Å². The van der Waals surface area contributed by atoms with Crippen LogP contribution in [0.5, 0.6) is 0 Å². The summed E-state index contributed by atoms with van der Waals surface area (Å²) in [6.45, 7) is 0.689. The summed E-state index contributed by atoms with van der Waals surface area (Å²) in [5, 5.41) is 11.3. The van der Waals surface area contributed by atoms with Gasteiger partial charge in [-0.1, -0.05) is 18.2 Å². The molecule has 3 unspecified atom stereocenters. The lowest BCUT2D eigenvalue weighted by atomic mass is 9.96. The molecule has 0 saturated carbocycles. The van der Waals surface area contributed by atoms with Crippen molar-refractivity contribution in [1.29, 1.82) is 0 Å². The van der Waals surface area contributed by atoms with Crippen molar-refractivity contribution in [2.45, 2.75) is 44.1 Å². The van der Waals surface area contributed by atoms with Gasteiger partial charge >= 0.3 is 0 Å². The molecule has 2 aromatic rings. The van der Waals surface area contributed by atoms with Crippen molar-refractivity contribution < 1.29 is 4.74 Å². The van der Waals surface area contributed by atoms with Crippen molar-refractivity contribution in [2.75, 3.05) is 7.05 Å². The number of guanidine groups is 1. The third-order valence-corrected chi connectivity index (χ3v) is 4.77. The number of fused-ring (bicyclic) bond motifs is 2. The third-order valence-electron chi connectivity index (χ3n) is 4.77. The molecule has 6 nitrogen and oxygen atoms in total. The lowest BCUT2D eigenvalue weighted by molar-refractivity contribution is 0.0992. The fourth-order valence-corrected chi connectivity index (χ4v) is 3.52. The Bertz CT molecular complexity index is 711. The van der Waals surface area contributed by atoms with Gasteiger partial charge in [0.15, 0.2) is 5.96 Å². The Balaban J connectivity index is 1.33. The molecular weight excluding hydrogens is 302 g/mol. The Morgan fingerprint density at radius 3 is 2.92 bits per heavy atom. The van der Waals surface area contributed by atoms with E-state index in [9.17, 15) is 0 Å². The molecule has 126 valence electrons. The Morgan fingerprint density at radius 1 is 1.33 bits per heavy atom. The smallest absolute Gasteiger partial charge is 0.191 e. The largest absolute Gasteiger partial charge is 0.373 e. The summed E-state index contributed by atoms with van der Waals surface area (Å²) in [6.07, 6.45) is 8.14. The number of rotatable bonds is 4. The SMILES string of the molecule is CN=C(NCc1cnn(-c2ccccc2)c1)NC1CC2CCC1O2. The van der Waals surface area contributed by atoms with Crippen LogP contribution >= 0.6 is 0 Å². The number of nitrogens with zero attached hydrogens (tertiary/aromatic N) is 3. The van der Waals surface area contributed by atoms with E-state index >= 15 is 0 Å². The summed E-state index contributed by atoms with van der Waals surface area (Å²) in [5.74, 6) is 0.823. The predicted molar refractivity (Wildman–Crippen MR) is 93.2 cm³/mol. The van der Waals surface area contributed by atoms with Gasteiger partial charge in [0.05, 0.1) is 30.1 Å². The highest BCUT2D eigenvalue weighted by Crippen LogP contribution is 2.34. The van der Waals surface area contributed by atoms with Crippen LogP contribution in [0, 0.1) is 0 Å². The standard InChI is InChI=1S/C18H23N5O/c1-19-18(22-16-9-15-7-8-17(16)24-15)20-10-13-11-21-23(12-13)14-5-3-2-4-6-14/h2-6,11-12,15-17H,7-10H2,1H3,(H2,19,20,22). The number of aliphatic imine (C=N–C) groups is 1. The molecule has 6 heteroatoms. The molecule has 3 heterocycles. The fraction of sp³-hybridized carbons (Fsp3) is 0.444. The first-order chi connectivity index (χ1) is 11.8. The Kier molecular flexibility index (Phi) is 4.21. The molecule has 1 aromatic carbocycles. The van der Waals surface area contributed by atoms with E-state index in [1.54, 1.807) is 7.05 Å². The number of aromatic nitrogens is 2. The summed E-state index contributed by atoms with van der Waals surface area (Å²) in [6, 6.07) is 10.5. The normalized spacial score (nSPS) is 25.9. The van der Waals surface area contributed by atoms with Crippen molar-refractivity contribution in [2.24, 2.45) is 4.99 Å². The van der Waals surface area contributed by atoms with Crippen LogP contribution < -0.4 is 10.6 Å². The highest BCUT2D eigenvalue weighted by molar-refractivity contribution is 5.80. The quantitative estimate of drug-likeness (QED) is 0.665. The highest BCUT2D eigenvalue weighted by atomic mass is 16.5. The van der Waals surface area contributed by atoms with E-state index in [1.807, 2.05) is 47.4 Å². The first-order valence-electron chi connectivity index (χ1n) is 8.53. The molecule has 2 fully saturated rings. The van der Waals surface area contributed by atoms with Gasteiger partial charge in [-0.05, 0) is 31.4 Å². The second-order valence-corrected chi connectivity index (χ2v) is 6.41. The molecule has 0 spiro atoms. The zero-order chi connectivity index (χ0) is 16.4. The fourth-order valence-electron chi connectivity index (χ4n) is 3.52. The minimum atomic E-state index is 0.342. The molecule has 2 bridgehead atoms. The van der Waals surface area contributed by atoms with E-state index in [2.05, 4.69) is 20.7 Å². The summed E-state index contributed by atoms with van der Waals surface area (Å²) in [4.78, 5) is 4.33. The molecule has 24 heavy (non-hydrogen) atoms. The molecule has 2 saturated heterocycles. The lowest BCUT2D eigenvalue weighted by Crippen LogP contribution is -2.47. The van der Waals surface area contributed by atoms with Gasteiger partial charge in [0.25, 0.3) is 0 Å². The summed E-state index contributed by atoms with van der Waals surface area (Å²) in [7, 11) is 1.80. The van der Waals surface area contributed by atoms with Gasteiger partial charge in [-0.2, -0.15) is 5.10 Å². The van der Waals surface area contributed by atoms with Crippen LogP contribution in [0.3, 0.4) is 0 Å². The van der Waals surface area contributed by atoms with Crippen LogP contribution in [0.4, 0.5) is 0 Å². The molecule has 0 radical (unpaired) electrons. The lowest BCUT2D eigenvalue weighted by Gasteiger charge is -2.22. The Labute approximate surface area is 141 Å². The van der Waals surface area contributed by atoms with E-state index in [-0.39, 0.29) is 0 Å². The second kappa shape index (κ2) is 6.65. The van der Waals surface area contributed by atoms with Gasteiger partial charge in [-0.15, -0.1) is 0 Å². The number of benzene rings is 1. The van der Waals surface area contributed by atoms with Crippen molar-refractivity contribution >= 4 is 5.96 Å². The zero-order valence-electron chi connectivity index (χ0n) is 13.9. The van der Waals surface area contributed by atoms with Crippen LogP contribution in [0.1, 0.15) is 24.8 Å². The van der Waals surface area contributed by atoms with Crippen molar-refractivity contribution in [3.63, 3.8) is 0 Å². The molecule has 2 aliphatic rings. The van der Waals surface area contributed by atoms with Crippen molar-refractivity contribution in [1.82, 2.24) is 20.4 Å². The monoisotopic (exact) mass is 325 g/mol. The van der Waals surface area contributed by atoms with Gasteiger partial charge in [-0.3, -0.25) is 4.99 Å². The highest BCUT2D eigenvalue weighted by Gasteiger charge is 2.41. The molecule has 1 aromatic heterocycles. The summed E-state index contributed by atoms with van der Waals surface area (Å²) in [5.41, 5.74) is 2.18.